The number of nitrogens with one attached hydrogen (secondary N) is 2. The first kappa shape index (κ1) is 20.4. The summed E-state index contributed by atoms with van der Waals surface area (Å²) in [6.45, 7) is 0.675. The molecule has 2 amide bonds. The van der Waals surface area contributed by atoms with E-state index < -0.39 is 18.6 Å². The summed E-state index contributed by atoms with van der Waals surface area (Å²) in [5.41, 5.74) is 0.870. The van der Waals surface area contributed by atoms with E-state index in [0.29, 0.717) is 11.1 Å². The smallest absolute Gasteiger partial charge is 0.387 e. The zero-order valence-corrected chi connectivity index (χ0v) is 15.1. The quantitative estimate of drug-likeness (QED) is 0.742. The second kappa shape index (κ2) is 9.66. The molecule has 27 heavy (non-hydrogen) atoms. The Morgan fingerprint density at radius 1 is 1.00 bits per heavy atom. The highest BCUT2D eigenvalue weighted by Crippen LogP contribution is 2.20. The SMILES string of the molecule is CC(C)C(NC(=O)c1ccccc1)C(=O)NCc1ccccc1OC(F)F. The zero-order chi connectivity index (χ0) is 19.8. The van der Waals surface area contributed by atoms with Gasteiger partial charge in [-0.25, -0.2) is 0 Å². The van der Waals surface area contributed by atoms with Gasteiger partial charge in [-0.05, 0) is 24.1 Å². The van der Waals surface area contributed by atoms with E-state index in [2.05, 4.69) is 15.4 Å². The molecule has 0 aromatic heterocycles. The van der Waals surface area contributed by atoms with Crippen LogP contribution in [0.1, 0.15) is 29.8 Å². The molecule has 2 aromatic carbocycles. The number of carbonyl (C=O) groups is 2. The van der Waals surface area contributed by atoms with E-state index in [0.717, 1.165) is 0 Å². The van der Waals surface area contributed by atoms with E-state index in [1.165, 1.54) is 6.07 Å². The Balaban J connectivity index is 2.03. The Bertz CT molecular complexity index is 767. The molecular formula is C20H22F2N2O3. The van der Waals surface area contributed by atoms with Crippen molar-refractivity contribution in [1.82, 2.24) is 10.6 Å². The Morgan fingerprint density at radius 3 is 2.26 bits per heavy atom. The number of para-hydroxylation sites is 1. The number of carbonyl (C=O) groups excluding carboxylic acids is 2. The van der Waals surface area contributed by atoms with Gasteiger partial charge in [0.25, 0.3) is 5.91 Å². The van der Waals surface area contributed by atoms with E-state index in [-0.39, 0.29) is 24.1 Å². The maximum Gasteiger partial charge on any atom is 0.387 e. The predicted octanol–water partition coefficient (Wildman–Crippen LogP) is 3.36. The average molecular weight is 376 g/mol. The number of hydrogen-bond acceptors (Lipinski definition) is 3. The zero-order valence-electron chi connectivity index (χ0n) is 15.1. The molecule has 1 unspecified atom stereocenters. The molecule has 0 radical (unpaired) electrons. The number of amides is 2. The van der Waals surface area contributed by atoms with Gasteiger partial charge >= 0.3 is 6.61 Å². The largest absolute Gasteiger partial charge is 0.434 e. The minimum Gasteiger partial charge on any atom is -0.434 e. The van der Waals surface area contributed by atoms with Crippen LogP contribution in [0.3, 0.4) is 0 Å². The van der Waals surface area contributed by atoms with Crippen LogP contribution in [0.25, 0.3) is 0 Å². The lowest BCUT2D eigenvalue weighted by Gasteiger charge is -2.22. The molecule has 0 fully saturated rings. The van der Waals surface area contributed by atoms with E-state index in [1.54, 1.807) is 48.5 Å². The fourth-order valence-electron chi connectivity index (χ4n) is 2.50. The molecule has 0 bridgehead atoms. The molecule has 5 nitrogen and oxygen atoms in total. The van der Waals surface area contributed by atoms with Crippen LogP contribution in [0.2, 0.25) is 0 Å². The first-order valence-electron chi connectivity index (χ1n) is 8.55. The summed E-state index contributed by atoms with van der Waals surface area (Å²) < 4.78 is 29.4. The molecule has 7 heteroatoms. The van der Waals surface area contributed by atoms with Crippen molar-refractivity contribution in [3.8, 4) is 5.75 Å². The second-order valence-electron chi connectivity index (χ2n) is 6.27. The molecule has 1 atom stereocenters. The van der Waals surface area contributed by atoms with Crippen molar-refractivity contribution >= 4 is 11.8 Å². The van der Waals surface area contributed by atoms with Gasteiger partial charge in [-0.15, -0.1) is 0 Å². The Hall–Kier alpha value is -2.96. The lowest BCUT2D eigenvalue weighted by atomic mass is 10.0. The fourth-order valence-corrected chi connectivity index (χ4v) is 2.50. The van der Waals surface area contributed by atoms with Gasteiger partial charge in [0.15, 0.2) is 0 Å². The highest BCUT2D eigenvalue weighted by Gasteiger charge is 2.24. The second-order valence-corrected chi connectivity index (χ2v) is 6.27. The summed E-state index contributed by atoms with van der Waals surface area (Å²) in [5.74, 6) is -0.917. The summed E-state index contributed by atoms with van der Waals surface area (Å²) in [4.78, 5) is 24.9. The van der Waals surface area contributed by atoms with Crippen LogP contribution in [-0.4, -0.2) is 24.5 Å². The van der Waals surface area contributed by atoms with Crippen LogP contribution >= 0.6 is 0 Å². The average Bonchev–Trinajstić information content (AvgIpc) is 2.65. The summed E-state index contributed by atoms with van der Waals surface area (Å²) in [6, 6.07) is 14.0. The molecule has 2 rings (SSSR count). The first-order valence-corrected chi connectivity index (χ1v) is 8.55. The standard InChI is InChI=1S/C20H22F2N2O3/c1-13(2)17(24-18(25)14-8-4-3-5-9-14)19(26)23-12-15-10-6-7-11-16(15)27-20(21)22/h3-11,13,17,20H,12H2,1-2H3,(H,23,26)(H,24,25). The van der Waals surface area contributed by atoms with Crippen LogP contribution in [0.15, 0.2) is 54.6 Å². The van der Waals surface area contributed by atoms with Crippen molar-refractivity contribution < 1.29 is 23.1 Å². The molecule has 2 N–H and O–H groups in total. The van der Waals surface area contributed by atoms with Crippen molar-refractivity contribution in [3.63, 3.8) is 0 Å². The molecule has 0 aliphatic heterocycles. The van der Waals surface area contributed by atoms with Crippen molar-refractivity contribution in [1.29, 1.82) is 0 Å². The lowest BCUT2D eigenvalue weighted by molar-refractivity contribution is -0.124. The van der Waals surface area contributed by atoms with Gasteiger partial charge in [0, 0.05) is 17.7 Å². The molecule has 2 aromatic rings. The van der Waals surface area contributed by atoms with E-state index >= 15 is 0 Å². The Morgan fingerprint density at radius 2 is 1.63 bits per heavy atom. The number of alkyl halides is 2. The van der Waals surface area contributed by atoms with Gasteiger partial charge in [-0.1, -0.05) is 50.2 Å². The topological polar surface area (TPSA) is 67.4 Å². The van der Waals surface area contributed by atoms with Crippen LogP contribution in [0.4, 0.5) is 8.78 Å². The van der Waals surface area contributed by atoms with Crippen molar-refractivity contribution in [2.45, 2.75) is 33.0 Å². The molecule has 144 valence electrons. The third-order valence-corrected chi connectivity index (χ3v) is 3.91. The third kappa shape index (κ3) is 6.06. The van der Waals surface area contributed by atoms with E-state index in [1.807, 2.05) is 13.8 Å². The van der Waals surface area contributed by atoms with Gasteiger partial charge in [-0.2, -0.15) is 8.78 Å². The summed E-state index contributed by atoms with van der Waals surface area (Å²) in [7, 11) is 0. The van der Waals surface area contributed by atoms with Crippen molar-refractivity contribution in [2.24, 2.45) is 5.92 Å². The van der Waals surface area contributed by atoms with Gasteiger partial charge in [0.05, 0.1) is 0 Å². The number of halogens is 2. The number of benzene rings is 2. The van der Waals surface area contributed by atoms with Crippen LogP contribution in [-0.2, 0) is 11.3 Å². The van der Waals surface area contributed by atoms with Crippen LogP contribution in [0, 0.1) is 5.92 Å². The normalized spacial score (nSPS) is 11.9. The third-order valence-electron chi connectivity index (χ3n) is 3.91. The number of hydrogen-bond donors (Lipinski definition) is 2. The number of rotatable bonds is 8. The number of ether oxygens (including phenoxy) is 1. The monoisotopic (exact) mass is 376 g/mol. The maximum atomic E-state index is 12.5. The minimum absolute atomic E-state index is 0.00205. The molecule has 0 heterocycles. The van der Waals surface area contributed by atoms with Gasteiger partial charge in [-0.3, -0.25) is 9.59 Å². The van der Waals surface area contributed by atoms with E-state index in [9.17, 15) is 18.4 Å². The summed E-state index contributed by atoms with van der Waals surface area (Å²) in [5, 5.41) is 5.39. The predicted molar refractivity (Wildman–Crippen MR) is 97.5 cm³/mol. The molecule has 0 aliphatic carbocycles. The van der Waals surface area contributed by atoms with Gasteiger partial charge in [0.1, 0.15) is 11.8 Å². The minimum atomic E-state index is -2.95. The highest BCUT2D eigenvalue weighted by atomic mass is 19.3. The molecule has 0 aliphatic rings. The summed E-state index contributed by atoms with van der Waals surface area (Å²) >= 11 is 0. The molecular weight excluding hydrogens is 354 g/mol. The fraction of sp³-hybridized carbons (Fsp3) is 0.300. The van der Waals surface area contributed by atoms with Crippen LogP contribution < -0.4 is 15.4 Å². The van der Waals surface area contributed by atoms with Crippen molar-refractivity contribution in [3.05, 3.63) is 65.7 Å². The molecule has 0 saturated carbocycles. The van der Waals surface area contributed by atoms with E-state index in [4.69, 9.17) is 0 Å². The summed E-state index contributed by atoms with van der Waals surface area (Å²) in [6.07, 6.45) is 0. The van der Waals surface area contributed by atoms with Gasteiger partial charge in [0.2, 0.25) is 5.91 Å². The lowest BCUT2D eigenvalue weighted by Crippen LogP contribution is -2.49. The molecule has 0 spiro atoms. The Labute approximate surface area is 156 Å². The van der Waals surface area contributed by atoms with Crippen LogP contribution in [0.5, 0.6) is 5.75 Å². The molecule has 0 saturated heterocycles. The maximum absolute atomic E-state index is 12.5. The Kier molecular flexibility index (Phi) is 7.28. The first-order chi connectivity index (χ1) is 12.9. The highest BCUT2D eigenvalue weighted by molar-refractivity contribution is 5.97. The van der Waals surface area contributed by atoms with Gasteiger partial charge < -0.3 is 15.4 Å². The van der Waals surface area contributed by atoms with Crippen molar-refractivity contribution in [2.75, 3.05) is 0 Å².